The van der Waals surface area contributed by atoms with E-state index in [1.165, 1.54) is 0 Å². The van der Waals surface area contributed by atoms with E-state index < -0.39 is 23.2 Å². The summed E-state index contributed by atoms with van der Waals surface area (Å²) < 4.78 is 18.5. The first kappa shape index (κ1) is 25.3. The zero-order valence-corrected chi connectivity index (χ0v) is 22.4. The molecule has 4 atom stereocenters. The number of alkyl carbamates (subject to hydrolysis) is 1. The fraction of sp³-hybridized carbons (Fsp3) is 0.419. The summed E-state index contributed by atoms with van der Waals surface area (Å²) in [4.78, 5) is 26.7. The molecule has 2 aromatic carbocycles. The predicted molar refractivity (Wildman–Crippen MR) is 142 cm³/mol. The number of amides is 1. The first-order chi connectivity index (χ1) is 17.5. The van der Waals surface area contributed by atoms with Crippen LogP contribution in [0.15, 0.2) is 60.4 Å². The van der Waals surface area contributed by atoms with Crippen LogP contribution in [0.4, 0.5) is 4.79 Å². The van der Waals surface area contributed by atoms with Gasteiger partial charge in [0.25, 0.3) is 0 Å². The Labute approximate surface area is 218 Å². The molecule has 2 bridgehead atoms. The summed E-state index contributed by atoms with van der Waals surface area (Å²) in [6, 6.07) is 14.1. The van der Waals surface area contributed by atoms with E-state index in [0.29, 0.717) is 17.9 Å². The van der Waals surface area contributed by atoms with Gasteiger partial charge in [-0.2, -0.15) is 0 Å². The number of ether oxygens (including phenoxy) is 3. The molecule has 2 heterocycles. The highest BCUT2D eigenvalue weighted by molar-refractivity contribution is 6.26. The summed E-state index contributed by atoms with van der Waals surface area (Å²) in [6.07, 6.45) is 3.02. The van der Waals surface area contributed by atoms with Gasteiger partial charge in [0.15, 0.2) is 5.78 Å². The average molecular weight is 502 g/mol. The minimum Gasteiger partial charge on any atom is -0.492 e. The lowest BCUT2D eigenvalue weighted by Crippen LogP contribution is -2.46. The van der Waals surface area contributed by atoms with Crippen molar-refractivity contribution in [3.05, 3.63) is 88.2 Å². The molecule has 1 aliphatic carbocycles. The van der Waals surface area contributed by atoms with Crippen molar-refractivity contribution in [2.75, 3.05) is 6.61 Å². The van der Waals surface area contributed by atoms with Gasteiger partial charge in [-0.1, -0.05) is 60.2 Å². The summed E-state index contributed by atoms with van der Waals surface area (Å²) in [5, 5.41) is 2.81. The maximum atomic E-state index is 14.3. The predicted octanol–water partition coefficient (Wildman–Crippen LogP) is 5.59. The Morgan fingerprint density at radius 3 is 2.41 bits per heavy atom. The number of allylic oxidation sites excluding steroid dienone is 1. The SMILES string of the molecule is Cc1cc(C)c(C2=C(OCc3ccccc3)[C@H]3[C@@H]4C=C[C@@](COC(=O)NC(C)(C)C)(O4)[C@H]3C2=O)c(C)c1. The monoisotopic (exact) mass is 501 g/mol. The van der Waals surface area contributed by atoms with Crippen LogP contribution in [-0.4, -0.2) is 35.7 Å². The van der Waals surface area contributed by atoms with Crippen LogP contribution in [0.25, 0.3) is 5.57 Å². The third-order valence-corrected chi connectivity index (χ3v) is 7.31. The van der Waals surface area contributed by atoms with E-state index in [1.807, 2.05) is 77.1 Å². The molecule has 1 amide bonds. The Bertz CT molecular complexity index is 1280. The molecule has 194 valence electrons. The summed E-state index contributed by atoms with van der Waals surface area (Å²) in [7, 11) is 0. The van der Waals surface area contributed by atoms with Crippen LogP contribution >= 0.6 is 0 Å². The highest BCUT2D eigenvalue weighted by atomic mass is 16.6. The molecule has 2 aliphatic heterocycles. The van der Waals surface area contributed by atoms with Gasteiger partial charge in [-0.05, 0) is 63.8 Å². The van der Waals surface area contributed by atoms with Gasteiger partial charge in [0.2, 0.25) is 0 Å². The molecule has 0 spiro atoms. The smallest absolute Gasteiger partial charge is 0.407 e. The number of hydrogen-bond donors (Lipinski definition) is 1. The van der Waals surface area contributed by atoms with E-state index in [0.717, 1.165) is 27.8 Å². The molecular weight excluding hydrogens is 466 g/mol. The van der Waals surface area contributed by atoms with E-state index in [-0.39, 0.29) is 24.4 Å². The molecular formula is C31H35NO5. The van der Waals surface area contributed by atoms with Crippen LogP contribution in [0.1, 0.15) is 48.6 Å². The molecule has 6 nitrogen and oxygen atoms in total. The third kappa shape index (κ3) is 4.59. The highest BCUT2D eigenvalue weighted by Gasteiger charge is 2.66. The molecule has 0 radical (unpaired) electrons. The van der Waals surface area contributed by atoms with Crippen molar-refractivity contribution < 1.29 is 23.8 Å². The molecule has 5 rings (SSSR count). The third-order valence-electron chi connectivity index (χ3n) is 7.31. The molecule has 1 saturated heterocycles. The molecule has 37 heavy (non-hydrogen) atoms. The summed E-state index contributed by atoms with van der Waals surface area (Å²) in [5.74, 6) is -0.143. The van der Waals surface area contributed by atoms with Crippen molar-refractivity contribution in [1.82, 2.24) is 5.32 Å². The van der Waals surface area contributed by atoms with Crippen LogP contribution < -0.4 is 5.32 Å². The summed E-state index contributed by atoms with van der Waals surface area (Å²) in [6.45, 7) is 12.1. The van der Waals surface area contributed by atoms with Gasteiger partial charge in [-0.15, -0.1) is 0 Å². The number of carbonyl (C=O) groups is 2. The number of nitrogens with one attached hydrogen (secondary N) is 1. The Morgan fingerprint density at radius 2 is 1.76 bits per heavy atom. The van der Waals surface area contributed by atoms with Crippen molar-refractivity contribution in [1.29, 1.82) is 0 Å². The van der Waals surface area contributed by atoms with Crippen molar-refractivity contribution in [3.63, 3.8) is 0 Å². The van der Waals surface area contributed by atoms with Crippen LogP contribution in [0.2, 0.25) is 0 Å². The van der Waals surface area contributed by atoms with E-state index in [1.54, 1.807) is 0 Å². The number of rotatable bonds is 6. The standard InChI is InChI=1S/C31H35NO5/c1-18-14-19(2)23(20(3)15-18)25-27(33)26-24(28(25)35-16-21-10-8-7-9-11-21)22-12-13-31(26,37-22)17-36-29(34)32-30(4,5)6/h7-15,22,24,26H,16-17H2,1-6H3,(H,32,34)/t22-,24-,26+,31-/m0/s1. The number of benzene rings is 2. The van der Waals surface area contributed by atoms with Crippen molar-refractivity contribution >= 4 is 17.4 Å². The molecule has 0 aromatic heterocycles. The van der Waals surface area contributed by atoms with Gasteiger partial charge in [-0.3, -0.25) is 4.79 Å². The lowest BCUT2D eigenvalue weighted by atomic mass is 9.76. The van der Waals surface area contributed by atoms with E-state index in [2.05, 4.69) is 24.4 Å². The fourth-order valence-electron chi connectivity index (χ4n) is 6.00. The van der Waals surface area contributed by atoms with Gasteiger partial charge in [0.1, 0.15) is 24.6 Å². The molecule has 3 aliphatic rings. The van der Waals surface area contributed by atoms with Crippen molar-refractivity contribution in [2.45, 2.75) is 65.4 Å². The Hall–Kier alpha value is -3.38. The second-order valence-electron chi connectivity index (χ2n) is 11.5. The van der Waals surface area contributed by atoms with E-state index in [9.17, 15) is 9.59 Å². The second-order valence-corrected chi connectivity index (χ2v) is 11.5. The first-order valence-electron chi connectivity index (χ1n) is 12.8. The van der Waals surface area contributed by atoms with Gasteiger partial charge in [0, 0.05) is 5.54 Å². The highest BCUT2D eigenvalue weighted by Crippen LogP contribution is 2.57. The zero-order chi connectivity index (χ0) is 26.5. The minimum absolute atomic E-state index is 0.0187. The van der Waals surface area contributed by atoms with Gasteiger partial charge in [0.05, 0.1) is 23.5 Å². The number of ketones is 1. The van der Waals surface area contributed by atoms with Crippen molar-refractivity contribution in [2.24, 2.45) is 11.8 Å². The Morgan fingerprint density at radius 1 is 1.08 bits per heavy atom. The molecule has 6 heteroatoms. The average Bonchev–Trinajstić information content (AvgIpc) is 3.46. The Kier molecular flexibility index (Phi) is 6.27. The van der Waals surface area contributed by atoms with Crippen LogP contribution in [-0.2, 0) is 25.6 Å². The zero-order valence-electron chi connectivity index (χ0n) is 22.4. The maximum absolute atomic E-state index is 14.3. The number of hydrogen-bond acceptors (Lipinski definition) is 5. The lowest BCUT2D eigenvalue weighted by Gasteiger charge is -2.30. The molecule has 2 aromatic rings. The largest absolute Gasteiger partial charge is 0.492 e. The van der Waals surface area contributed by atoms with Gasteiger partial charge < -0.3 is 19.5 Å². The Balaban J connectivity index is 1.51. The molecule has 0 saturated carbocycles. The number of carbonyl (C=O) groups excluding carboxylic acids is 2. The minimum atomic E-state index is -1.02. The molecule has 1 N–H and O–H groups in total. The molecule has 0 unspecified atom stereocenters. The van der Waals surface area contributed by atoms with Gasteiger partial charge >= 0.3 is 6.09 Å². The summed E-state index contributed by atoms with van der Waals surface area (Å²) in [5.41, 5.74) is 4.36. The summed E-state index contributed by atoms with van der Waals surface area (Å²) >= 11 is 0. The van der Waals surface area contributed by atoms with E-state index >= 15 is 0 Å². The van der Waals surface area contributed by atoms with E-state index in [4.69, 9.17) is 14.2 Å². The van der Waals surface area contributed by atoms with Crippen LogP contribution in [0.3, 0.4) is 0 Å². The number of fused-ring (bicyclic) bond motifs is 5. The molecule has 1 fully saturated rings. The maximum Gasteiger partial charge on any atom is 0.407 e. The van der Waals surface area contributed by atoms with Crippen molar-refractivity contribution in [3.8, 4) is 0 Å². The lowest BCUT2D eigenvalue weighted by molar-refractivity contribution is -0.122. The second kappa shape index (κ2) is 9.18. The van der Waals surface area contributed by atoms with Crippen LogP contribution in [0, 0.1) is 32.6 Å². The quantitative estimate of drug-likeness (QED) is 0.523. The topological polar surface area (TPSA) is 73.9 Å². The number of aryl methyl sites for hydroxylation is 3. The number of Topliss-reactive ketones (excluding diaryl/α,β-unsaturated/α-hetero) is 1. The van der Waals surface area contributed by atoms with Gasteiger partial charge in [-0.25, -0.2) is 4.79 Å². The normalized spacial score (nSPS) is 26.0. The first-order valence-corrected chi connectivity index (χ1v) is 12.8. The van der Waals surface area contributed by atoms with Crippen LogP contribution in [0.5, 0.6) is 0 Å². The fourth-order valence-corrected chi connectivity index (χ4v) is 6.00.